The Labute approximate surface area is 161 Å². The molecule has 0 bridgehead atoms. The third-order valence-corrected chi connectivity index (χ3v) is 6.08. The van der Waals surface area contributed by atoms with Gasteiger partial charge in [-0.3, -0.25) is 9.69 Å². The van der Waals surface area contributed by atoms with E-state index in [1.807, 2.05) is 4.90 Å². The van der Waals surface area contributed by atoms with E-state index in [1.54, 1.807) is 0 Å². The van der Waals surface area contributed by atoms with Gasteiger partial charge in [-0.25, -0.2) is 4.98 Å². The lowest BCUT2D eigenvalue weighted by Gasteiger charge is -2.34. The number of rotatable bonds is 4. The fourth-order valence-electron chi connectivity index (χ4n) is 4.30. The smallest absolute Gasteiger partial charge is 0.274 e. The molecule has 27 heavy (non-hydrogen) atoms. The molecular formula is C21H31N5O. The van der Waals surface area contributed by atoms with Crippen molar-refractivity contribution in [3.05, 3.63) is 35.3 Å². The zero-order valence-electron chi connectivity index (χ0n) is 16.7. The van der Waals surface area contributed by atoms with Gasteiger partial charge in [0.05, 0.1) is 5.69 Å². The zero-order valence-corrected chi connectivity index (χ0v) is 16.7. The predicted octanol–water partition coefficient (Wildman–Crippen LogP) is 2.41. The maximum Gasteiger partial charge on any atom is 0.274 e. The first-order valence-electron chi connectivity index (χ1n) is 10.4. The molecule has 0 aromatic carbocycles. The van der Waals surface area contributed by atoms with E-state index < -0.39 is 0 Å². The van der Waals surface area contributed by atoms with Gasteiger partial charge in [-0.15, -0.1) is 0 Å². The van der Waals surface area contributed by atoms with Gasteiger partial charge < -0.3 is 14.2 Å². The number of likely N-dealkylation sites (tertiary alicyclic amines) is 1. The molecule has 2 aromatic rings. The summed E-state index contributed by atoms with van der Waals surface area (Å²) in [5.74, 6) is 0.111. The van der Waals surface area contributed by atoms with Crippen LogP contribution >= 0.6 is 0 Å². The number of aromatic nitrogens is 2. The standard InChI is InChI=1S/C21H31N5O/c1-3-23-12-14-24(15-13-23)16-18-19(21(27)25-9-5-4-6-10-25)22-20-17(2)8-7-11-26(18)20/h7-8,11H,3-6,9-10,12-16H2,1-2H3. The van der Waals surface area contributed by atoms with Gasteiger partial charge >= 0.3 is 0 Å². The molecule has 2 aromatic heterocycles. The lowest BCUT2D eigenvalue weighted by atomic mass is 10.1. The third-order valence-electron chi connectivity index (χ3n) is 6.08. The van der Waals surface area contributed by atoms with Gasteiger partial charge in [0.25, 0.3) is 5.91 Å². The van der Waals surface area contributed by atoms with Crippen LogP contribution in [-0.4, -0.2) is 75.8 Å². The summed E-state index contributed by atoms with van der Waals surface area (Å²) >= 11 is 0. The van der Waals surface area contributed by atoms with Crippen molar-refractivity contribution in [2.24, 2.45) is 0 Å². The molecule has 6 nitrogen and oxygen atoms in total. The molecule has 0 radical (unpaired) electrons. The Morgan fingerprint density at radius 2 is 1.74 bits per heavy atom. The summed E-state index contributed by atoms with van der Waals surface area (Å²) in [5.41, 5.74) is 3.74. The number of hydrogen-bond donors (Lipinski definition) is 0. The molecule has 0 unspecified atom stereocenters. The first-order chi connectivity index (χ1) is 13.2. The fraction of sp³-hybridized carbons (Fsp3) is 0.619. The van der Waals surface area contributed by atoms with E-state index >= 15 is 0 Å². The van der Waals surface area contributed by atoms with Crippen LogP contribution < -0.4 is 0 Å². The molecule has 4 rings (SSSR count). The summed E-state index contributed by atoms with van der Waals surface area (Å²) in [5, 5.41) is 0. The van der Waals surface area contributed by atoms with Crippen molar-refractivity contribution in [2.45, 2.75) is 39.7 Å². The fourth-order valence-corrected chi connectivity index (χ4v) is 4.30. The van der Waals surface area contributed by atoms with Crippen LogP contribution in [-0.2, 0) is 6.54 Å². The van der Waals surface area contributed by atoms with E-state index in [4.69, 9.17) is 4.98 Å². The van der Waals surface area contributed by atoms with Crippen LogP contribution in [0.4, 0.5) is 0 Å². The van der Waals surface area contributed by atoms with Crippen molar-refractivity contribution >= 4 is 11.6 Å². The van der Waals surface area contributed by atoms with Crippen LogP contribution in [0.5, 0.6) is 0 Å². The van der Waals surface area contributed by atoms with Crippen LogP contribution in [0.15, 0.2) is 18.3 Å². The SMILES string of the molecule is CCN1CCN(Cc2c(C(=O)N3CCCCC3)nc3c(C)cccn23)CC1. The number of piperazine rings is 1. The van der Waals surface area contributed by atoms with Crippen molar-refractivity contribution in [1.29, 1.82) is 0 Å². The molecule has 1 amide bonds. The maximum atomic E-state index is 13.3. The molecule has 0 atom stereocenters. The summed E-state index contributed by atoms with van der Waals surface area (Å²) < 4.78 is 2.14. The van der Waals surface area contributed by atoms with Crippen molar-refractivity contribution in [2.75, 3.05) is 45.8 Å². The molecule has 2 saturated heterocycles. The van der Waals surface area contributed by atoms with Crippen molar-refractivity contribution < 1.29 is 4.79 Å². The summed E-state index contributed by atoms with van der Waals surface area (Å²) in [6.07, 6.45) is 5.49. The summed E-state index contributed by atoms with van der Waals surface area (Å²) in [6.45, 7) is 12.2. The Kier molecular flexibility index (Phi) is 5.45. The number of amides is 1. The number of nitrogens with zero attached hydrogens (tertiary/aromatic N) is 5. The Hall–Kier alpha value is -1.92. The predicted molar refractivity (Wildman–Crippen MR) is 107 cm³/mol. The largest absolute Gasteiger partial charge is 0.337 e. The lowest BCUT2D eigenvalue weighted by molar-refractivity contribution is 0.0714. The van der Waals surface area contributed by atoms with Gasteiger partial charge in [0, 0.05) is 52.0 Å². The molecule has 2 aliphatic rings. The zero-order chi connectivity index (χ0) is 18.8. The topological polar surface area (TPSA) is 44.1 Å². The van der Waals surface area contributed by atoms with Crippen LogP contribution in [0.25, 0.3) is 5.65 Å². The van der Waals surface area contributed by atoms with Crippen LogP contribution in [0.3, 0.4) is 0 Å². The normalized spacial score (nSPS) is 19.7. The minimum absolute atomic E-state index is 0.111. The second-order valence-electron chi connectivity index (χ2n) is 7.86. The van der Waals surface area contributed by atoms with E-state index in [1.165, 1.54) is 6.42 Å². The molecule has 4 heterocycles. The minimum Gasteiger partial charge on any atom is -0.337 e. The maximum absolute atomic E-state index is 13.3. The molecular weight excluding hydrogens is 338 g/mol. The monoisotopic (exact) mass is 369 g/mol. The number of carbonyl (C=O) groups is 1. The minimum atomic E-state index is 0.111. The van der Waals surface area contributed by atoms with Gasteiger partial charge in [-0.2, -0.15) is 0 Å². The van der Waals surface area contributed by atoms with Crippen molar-refractivity contribution in [3.63, 3.8) is 0 Å². The van der Waals surface area contributed by atoms with Gasteiger partial charge in [0.15, 0.2) is 5.69 Å². The van der Waals surface area contributed by atoms with Crippen LogP contribution in [0, 0.1) is 6.92 Å². The Bertz CT molecular complexity index is 800. The van der Waals surface area contributed by atoms with Crippen LogP contribution in [0.1, 0.15) is 47.9 Å². The molecule has 0 aliphatic carbocycles. The Morgan fingerprint density at radius 1 is 1.04 bits per heavy atom. The molecule has 2 fully saturated rings. The summed E-state index contributed by atoms with van der Waals surface area (Å²) in [7, 11) is 0. The van der Waals surface area contributed by atoms with Gasteiger partial charge in [-0.05, 0) is 44.4 Å². The Balaban J connectivity index is 1.65. The average Bonchev–Trinajstić information content (AvgIpc) is 3.08. The van der Waals surface area contributed by atoms with E-state index in [2.05, 4.69) is 46.4 Å². The molecule has 146 valence electrons. The summed E-state index contributed by atoms with van der Waals surface area (Å²) in [4.78, 5) is 25.0. The molecule has 2 aliphatic heterocycles. The number of piperidine rings is 1. The molecule has 6 heteroatoms. The molecule has 0 N–H and O–H groups in total. The van der Waals surface area contributed by atoms with E-state index in [0.29, 0.717) is 5.69 Å². The highest BCUT2D eigenvalue weighted by molar-refractivity contribution is 5.94. The number of imidazole rings is 1. The molecule has 0 spiro atoms. The lowest BCUT2D eigenvalue weighted by Crippen LogP contribution is -2.46. The number of aryl methyl sites for hydroxylation is 1. The highest BCUT2D eigenvalue weighted by Crippen LogP contribution is 2.21. The van der Waals surface area contributed by atoms with E-state index in [9.17, 15) is 4.79 Å². The van der Waals surface area contributed by atoms with Gasteiger partial charge in [0.1, 0.15) is 5.65 Å². The van der Waals surface area contributed by atoms with E-state index in [-0.39, 0.29) is 5.91 Å². The number of fused-ring (bicyclic) bond motifs is 1. The number of likely N-dealkylation sites (N-methyl/N-ethyl adjacent to an activating group) is 1. The van der Waals surface area contributed by atoms with Gasteiger partial charge in [-0.1, -0.05) is 13.0 Å². The number of carbonyl (C=O) groups excluding carboxylic acids is 1. The quantitative estimate of drug-likeness (QED) is 0.830. The highest BCUT2D eigenvalue weighted by atomic mass is 16.2. The Morgan fingerprint density at radius 3 is 2.44 bits per heavy atom. The van der Waals surface area contributed by atoms with Crippen molar-refractivity contribution in [1.82, 2.24) is 24.1 Å². The average molecular weight is 370 g/mol. The summed E-state index contributed by atoms with van der Waals surface area (Å²) in [6, 6.07) is 4.12. The van der Waals surface area contributed by atoms with Crippen LogP contribution in [0.2, 0.25) is 0 Å². The second kappa shape index (κ2) is 7.98. The molecule has 0 saturated carbocycles. The number of pyridine rings is 1. The first-order valence-corrected chi connectivity index (χ1v) is 10.4. The van der Waals surface area contributed by atoms with Gasteiger partial charge in [0.2, 0.25) is 0 Å². The second-order valence-corrected chi connectivity index (χ2v) is 7.86. The van der Waals surface area contributed by atoms with E-state index in [0.717, 1.165) is 82.1 Å². The highest BCUT2D eigenvalue weighted by Gasteiger charge is 2.27. The number of hydrogen-bond acceptors (Lipinski definition) is 4. The first kappa shape index (κ1) is 18.4. The third kappa shape index (κ3) is 3.73. The van der Waals surface area contributed by atoms with Crippen molar-refractivity contribution in [3.8, 4) is 0 Å².